The topological polar surface area (TPSA) is 29.9 Å². The number of nitrogens with zero attached hydrogens (tertiary/aromatic N) is 2. The standard InChI is InChI=1S/C10H16ClN3/c1-14-9-5-10(13-14)4-8-12-7-3-2-6-11/h2-3,5,9,12H,4,6-8H2,1H3/b3-2+. The van der Waals surface area contributed by atoms with E-state index in [0.29, 0.717) is 5.88 Å². The van der Waals surface area contributed by atoms with E-state index < -0.39 is 0 Å². The van der Waals surface area contributed by atoms with E-state index in [1.165, 1.54) is 0 Å². The lowest BCUT2D eigenvalue weighted by Crippen LogP contribution is -2.17. The Morgan fingerprint density at radius 3 is 3.07 bits per heavy atom. The summed E-state index contributed by atoms with van der Waals surface area (Å²) in [4.78, 5) is 0. The quantitative estimate of drug-likeness (QED) is 0.439. The van der Waals surface area contributed by atoms with Gasteiger partial charge in [-0.05, 0) is 6.07 Å². The summed E-state index contributed by atoms with van der Waals surface area (Å²) in [5.74, 6) is 0.585. The molecule has 0 saturated heterocycles. The van der Waals surface area contributed by atoms with E-state index in [1.54, 1.807) is 0 Å². The molecule has 3 nitrogen and oxygen atoms in total. The van der Waals surface area contributed by atoms with Crippen LogP contribution < -0.4 is 5.32 Å². The molecule has 0 fully saturated rings. The number of allylic oxidation sites excluding steroid dienone is 1. The molecule has 0 aliphatic carbocycles. The van der Waals surface area contributed by atoms with Crippen LogP contribution in [-0.4, -0.2) is 28.8 Å². The highest BCUT2D eigenvalue weighted by atomic mass is 35.5. The van der Waals surface area contributed by atoms with Crippen molar-refractivity contribution >= 4 is 11.6 Å². The van der Waals surface area contributed by atoms with E-state index >= 15 is 0 Å². The molecule has 0 saturated carbocycles. The Hall–Kier alpha value is -0.800. The lowest BCUT2D eigenvalue weighted by atomic mass is 10.3. The molecule has 0 bridgehead atoms. The van der Waals surface area contributed by atoms with Gasteiger partial charge < -0.3 is 5.32 Å². The smallest absolute Gasteiger partial charge is 0.0637 e. The summed E-state index contributed by atoms with van der Waals surface area (Å²) < 4.78 is 1.82. The van der Waals surface area contributed by atoms with Gasteiger partial charge in [-0.25, -0.2) is 0 Å². The molecule has 0 unspecified atom stereocenters. The van der Waals surface area contributed by atoms with Crippen molar-refractivity contribution in [3.05, 3.63) is 30.1 Å². The Balaban J connectivity index is 2.07. The fourth-order valence-corrected chi connectivity index (χ4v) is 1.27. The molecule has 0 amide bonds. The summed E-state index contributed by atoms with van der Waals surface area (Å²) in [6.07, 6.45) is 6.90. The van der Waals surface area contributed by atoms with Crippen molar-refractivity contribution in [2.45, 2.75) is 6.42 Å². The third-order valence-electron chi connectivity index (χ3n) is 1.84. The van der Waals surface area contributed by atoms with Gasteiger partial charge in [0.25, 0.3) is 0 Å². The van der Waals surface area contributed by atoms with Crippen LogP contribution in [0.5, 0.6) is 0 Å². The van der Waals surface area contributed by atoms with Crippen molar-refractivity contribution in [1.82, 2.24) is 15.1 Å². The van der Waals surface area contributed by atoms with Gasteiger partial charge >= 0.3 is 0 Å². The van der Waals surface area contributed by atoms with Crippen LogP contribution in [0.4, 0.5) is 0 Å². The number of alkyl halides is 1. The van der Waals surface area contributed by atoms with Gasteiger partial charge in [-0.1, -0.05) is 12.2 Å². The van der Waals surface area contributed by atoms with Crippen LogP contribution in [0.3, 0.4) is 0 Å². The second-order valence-electron chi connectivity index (χ2n) is 3.06. The summed E-state index contributed by atoms with van der Waals surface area (Å²) in [5, 5.41) is 7.57. The van der Waals surface area contributed by atoms with Crippen LogP contribution in [0.15, 0.2) is 24.4 Å². The summed E-state index contributed by atoms with van der Waals surface area (Å²) >= 11 is 5.49. The molecule has 0 aliphatic rings. The van der Waals surface area contributed by atoms with E-state index in [-0.39, 0.29) is 0 Å². The molecular formula is C10H16ClN3. The van der Waals surface area contributed by atoms with Crippen molar-refractivity contribution in [2.75, 3.05) is 19.0 Å². The number of hydrogen-bond acceptors (Lipinski definition) is 2. The number of aryl methyl sites for hydroxylation is 1. The minimum Gasteiger partial charge on any atom is -0.313 e. The molecule has 4 heteroatoms. The molecule has 0 aliphatic heterocycles. The number of nitrogens with one attached hydrogen (secondary N) is 1. The zero-order valence-electron chi connectivity index (χ0n) is 8.41. The lowest BCUT2D eigenvalue weighted by molar-refractivity contribution is 0.700. The van der Waals surface area contributed by atoms with E-state index in [2.05, 4.69) is 10.4 Å². The fraction of sp³-hybridized carbons (Fsp3) is 0.500. The monoisotopic (exact) mass is 213 g/mol. The van der Waals surface area contributed by atoms with Crippen molar-refractivity contribution in [3.8, 4) is 0 Å². The fourth-order valence-electron chi connectivity index (χ4n) is 1.14. The van der Waals surface area contributed by atoms with Gasteiger partial charge in [0, 0.05) is 38.6 Å². The largest absolute Gasteiger partial charge is 0.313 e. The first-order chi connectivity index (χ1) is 6.83. The predicted molar refractivity (Wildman–Crippen MR) is 59.6 cm³/mol. The van der Waals surface area contributed by atoms with Gasteiger partial charge in [-0.15, -0.1) is 11.6 Å². The number of hydrogen-bond donors (Lipinski definition) is 1. The Morgan fingerprint density at radius 2 is 2.43 bits per heavy atom. The van der Waals surface area contributed by atoms with Crippen LogP contribution in [0.25, 0.3) is 0 Å². The van der Waals surface area contributed by atoms with Crippen LogP contribution in [0.1, 0.15) is 5.69 Å². The number of rotatable bonds is 6. The normalized spacial score (nSPS) is 11.3. The average molecular weight is 214 g/mol. The van der Waals surface area contributed by atoms with E-state index in [4.69, 9.17) is 11.6 Å². The Labute approximate surface area is 89.8 Å². The van der Waals surface area contributed by atoms with Gasteiger partial charge in [-0.3, -0.25) is 4.68 Å². The maximum atomic E-state index is 5.49. The first-order valence-corrected chi connectivity index (χ1v) is 5.26. The molecule has 0 radical (unpaired) electrons. The second-order valence-corrected chi connectivity index (χ2v) is 3.37. The average Bonchev–Trinajstić information content (AvgIpc) is 2.58. The van der Waals surface area contributed by atoms with Crippen LogP contribution in [0.2, 0.25) is 0 Å². The molecule has 1 aromatic heterocycles. The van der Waals surface area contributed by atoms with Crippen molar-refractivity contribution in [1.29, 1.82) is 0 Å². The molecule has 0 atom stereocenters. The summed E-state index contributed by atoms with van der Waals surface area (Å²) in [5.41, 5.74) is 1.13. The molecule has 78 valence electrons. The Bertz CT molecular complexity index is 281. The van der Waals surface area contributed by atoms with Gasteiger partial charge in [0.2, 0.25) is 0 Å². The first-order valence-electron chi connectivity index (χ1n) is 4.73. The summed E-state index contributed by atoms with van der Waals surface area (Å²) in [6, 6.07) is 2.04. The predicted octanol–water partition coefficient (Wildman–Crippen LogP) is 1.35. The van der Waals surface area contributed by atoms with Crippen LogP contribution in [0, 0.1) is 0 Å². The zero-order chi connectivity index (χ0) is 10.2. The molecule has 14 heavy (non-hydrogen) atoms. The SMILES string of the molecule is Cn1ccc(CCNC/C=C/CCl)n1. The molecule has 1 N–H and O–H groups in total. The Morgan fingerprint density at radius 1 is 1.57 bits per heavy atom. The molecule has 0 spiro atoms. The van der Waals surface area contributed by atoms with Gasteiger partial charge in [0.1, 0.15) is 0 Å². The van der Waals surface area contributed by atoms with E-state index in [0.717, 1.165) is 25.2 Å². The number of aromatic nitrogens is 2. The molecular weight excluding hydrogens is 198 g/mol. The summed E-state index contributed by atoms with van der Waals surface area (Å²) in [6.45, 7) is 1.82. The highest BCUT2D eigenvalue weighted by molar-refractivity contribution is 6.18. The summed E-state index contributed by atoms with van der Waals surface area (Å²) in [7, 11) is 1.93. The molecule has 0 aromatic carbocycles. The van der Waals surface area contributed by atoms with E-state index in [9.17, 15) is 0 Å². The van der Waals surface area contributed by atoms with Gasteiger partial charge in [0.15, 0.2) is 0 Å². The van der Waals surface area contributed by atoms with Gasteiger partial charge in [-0.2, -0.15) is 5.10 Å². The van der Waals surface area contributed by atoms with Crippen molar-refractivity contribution in [3.63, 3.8) is 0 Å². The second kappa shape index (κ2) is 6.62. The lowest BCUT2D eigenvalue weighted by Gasteiger charge is -1.98. The van der Waals surface area contributed by atoms with Crippen LogP contribution >= 0.6 is 11.6 Å². The molecule has 1 rings (SSSR count). The molecule has 1 aromatic rings. The van der Waals surface area contributed by atoms with Crippen molar-refractivity contribution < 1.29 is 0 Å². The number of halogens is 1. The maximum Gasteiger partial charge on any atom is 0.0637 e. The van der Waals surface area contributed by atoms with Gasteiger partial charge in [0.05, 0.1) is 5.69 Å². The highest BCUT2D eigenvalue weighted by Crippen LogP contribution is 1.93. The molecule has 1 heterocycles. The minimum absolute atomic E-state index is 0.585. The zero-order valence-corrected chi connectivity index (χ0v) is 9.17. The first kappa shape index (κ1) is 11.3. The minimum atomic E-state index is 0.585. The third kappa shape index (κ3) is 4.44. The highest BCUT2D eigenvalue weighted by Gasteiger charge is 1.94. The van der Waals surface area contributed by atoms with Crippen LogP contribution in [-0.2, 0) is 13.5 Å². The Kier molecular flexibility index (Phi) is 5.33. The van der Waals surface area contributed by atoms with Crippen molar-refractivity contribution in [2.24, 2.45) is 7.05 Å². The maximum absolute atomic E-state index is 5.49. The van der Waals surface area contributed by atoms with E-state index in [1.807, 2.05) is 36.1 Å². The third-order valence-corrected chi connectivity index (χ3v) is 2.02.